The molecule has 16 heavy (non-hydrogen) atoms. The van der Waals surface area contributed by atoms with Gasteiger partial charge in [0.1, 0.15) is 5.75 Å². The summed E-state index contributed by atoms with van der Waals surface area (Å²) in [4.78, 5) is 13.5. The SMILES string of the molecule is O=C(Oc1ccccc1)N(CCI)CCI. The molecule has 0 saturated heterocycles. The van der Waals surface area contributed by atoms with Crippen LogP contribution < -0.4 is 4.74 Å². The summed E-state index contributed by atoms with van der Waals surface area (Å²) in [5.41, 5.74) is 0. The van der Waals surface area contributed by atoms with E-state index in [-0.39, 0.29) is 6.09 Å². The molecule has 0 aliphatic heterocycles. The van der Waals surface area contributed by atoms with Crippen LogP contribution in [-0.2, 0) is 0 Å². The van der Waals surface area contributed by atoms with Crippen molar-refractivity contribution in [1.29, 1.82) is 0 Å². The average Bonchev–Trinajstić information content (AvgIpc) is 2.30. The third kappa shape index (κ3) is 4.86. The van der Waals surface area contributed by atoms with E-state index in [1.54, 1.807) is 17.0 Å². The first-order chi connectivity index (χ1) is 7.77. The van der Waals surface area contributed by atoms with Gasteiger partial charge in [-0.15, -0.1) is 0 Å². The Balaban J connectivity index is 2.55. The largest absolute Gasteiger partial charge is 0.415 e. The van der Waals surface area contributed by atoms with Gasteiger partial charge in [-0.2, -0.15) is 0 Å². The van der Waals surface area contributed by atoms with Crippen LogP contribution in [-0.4, -0.2) is 32.9 Å². The van der Waals surface area contributed by atoms with E-state index in [0.717, 1.165) is 21.9 Å². The number of carbonyl (C=O) groups is 1. The van der Waals surface area contributed by atoms with Gasteiger partial charge in [0.2, 0.25) is 0 Å². The van der Waals surface area contributed by atoms with E-state index in [2.05, 4.69) is 45.2 Å². The fraction of sp³-hybridized carbons (Fsp3) is 0.364. The first-order valence-corrected chi connectivity index (χ1v) is 7.96. The molecule has 0 saturated carbocycles. The highest BCUT2D eigenvalue weighted by molar-refractivity contribution is 14.1. The Bertz CT molecular complexity index is 313. The summed E-state index contributed by atoms with van der Waals surface area (Å²) in [5.74, 6) is 0.597. The second-order valence-corrected chi connectivity index (χ2v) is 5.20. The first-order valence-electron chi connectivity index (χ1n) is 4.91. The molecule has 1 aromatic rings. The summed E-state index contributed by atoms with van der Waals surface area (Å²) >= 11 is 4.51. The number of benzene rings is 1. The molecule has 88 valence electrons. The normalized spacial score (nSPS) is 9.88. The molecule has 0 spiro atoms. The van der Waals surface area contributed by atoms with E-state index in [1.165, 1.54) is 0 Å². The third-order valence-electron chi connectivity index (χ3n) is 1.92. The average molecular weight is 445 g/mol. The molecule has 0 bridgehead atoms. The van der Waals surface area contributed by atoms with Gasteiger partial charge in [0, 0.05) is 21.9 Å². The fourth-order valence-electron chi connectivity index (χ4n) is 1.15. The van der Waals surface area contributed by atoms with Crippen molar-refractivity contribution >= 4 is 51.3 Å². The third-order valence-corrected chi connectivity index (χ3v) is 2.88. The molecule has 0 aliphatic carbocycles. The van der Waals surface area contributed by atoms with Crippen molar-refractivity contribution in [3.8, 4) is 5.75 Å². The number of nitrogens with zero attached hydrogens (tertiary/aromatic N) is 1. The zero-order valence-electron chi connectivity index (χ0n) is 8.73. The monoisotopic (exact) mass is 445 g/mol. The zero-order valence-corrected chi connectivity index (χ0v) is 13.0. The van der Waals surface area contributed by atoms with Gasteiger partial charge < -0.3 is 9.64 Å². The number of para-hydroxylation sites is 1. The molecule has 1 amide bonds. The van der Waals surface area contributed by atoms with Gasteiger partial charge in [0.05, 0.1) is 0 Å². The van der Waals surface area contributed by atoms with E-state index in [4.69, 9.17) is 4.74 Å². The van der Waals surface area contributed by atoms with Crippen molar-refractivity contribution in [1.82, 2.24) is 4.90 Å². The zero-order chi connectivity index (χ0) is 11.8. The molecule has 0 aliphatic rings. The second kappa shape index (κ2) is 8.10. The predicted molar refractivity (Wildman–Crippen MR) is 81.8 cm³/mol. The van der Waals surface area contributed by atoms with Gasteiger partial charge in [-0.1, -0.05) is 63.4 Å². The van der Waals surface area contributed by atoms with Crippen LogP contribution in [0, 0.1) is 0 Å². The van der Waals surface area contributed by atoms with E-state index in [0.29, 0.717) is 5.75 Å². The molecule has 1 rings (SSSR count). The highest BCUT2D eigenvalue weighted by Gasteiger charge is 2.13. The lowest BCUT2D eigenvalue weighted by molar-refractivity contribution is 0.158. The molecule has 0 heterocycles. The van der Waals surface area contributed by atoms with Gasteiger partial charge in [0.15, 0.2) is 0 Å². The first kappa shape index (κ1) is 14.0. The van der Waals surface area contributed by atoms with Crippen LogP contribution in [0.5, 0.6) is 5.75 Å². The van der Waals surface area contributed by atoms with Gasteiger partial charge >= 0.3 is 6.09 Å². The Morgan fingerprint density at radius 2 is 1.69 bits per heavy atom. The van der Waals surface area contributed by atoms with Crippen molar-refractivity contribution in [2.24, 2.45) is 0 Å². The predicted octanol–water partition coefficient (Wildman–Crippen LogP) is 3.36. The smallest absolute Gasteiger partial charge is 0.410 e. The van der Waals surface area contributed by atoms with Crippen LogP contribution in [0.3, 0.4) is 0 Å². The quantitative estimate of drug-likeness (QED) is 0.514. The summed E-state index contributed by atoms with van der Waals surface area (Å²) in [6, 6.07) is 9.16. The summed E-state index contributed by atoms with van der Waals surface area (Å²) in [7, 11) is 0. The van der Waals surface area contributed by atoms with E-state index >= 15 is 0 Å². The number of carbonyl (C=O) groups excluding carboxylic acids is 1. The van der Waals surface area contributed by atoms with Crippen molar-refractivity contribution in [3.05, 3.63) is 30.3 Å². The number of rotatable bonds is 5. The van der Waals surface area contributed by atoms with Crippen molar-refractivity contribution in [2.45, 2.75) is 0 Å². The maximum Gasteiger partial charge on any atom is 0.415 e. The summed E-state index contributed by atoms with van der Waals surface area (Å²) in [6.45, 7) is 1.46. The molecule has 1 aromatic carbocycles. The highest BCUT2D eigenvalue weighted by atomic mass is 127. The van der Waals surface area contributed by atoms with Crippen molar-refractivity contribution in [3.63, 3.8) is 0 Å². The number of hydrogen-bond acceptors (Lipinski definition) is 2. The van der Waals surface area contributed by atoms with Gasteiger partial charge in [-0.05, 0) is 12.1 Å². The lowest BCUT2D eigenvalue weighted by Gasteiger charge is -2.19. The van der Waals surface area contributed by atoms with Gasteiger partial charge in [-0.3, -0.25) is 0 Å². The lowest BCUT2D eigenvalue weighted by Crippen LogP contribution is -2.36. The van der Waals surface area contributed by atoms with E-state index < -0.39 is 0 Å². The maximum absolute atomic E-state index is 11.8. The van der Waals surface area contributed by atoms with Crippen LogP contribution in [0.4, 0.5) is 4.79 Å². The van der Waals surface area contributed by atoms with Crippen LogP contribution >= 0.6 is 45.2 Å². The minimum absolute atomic E-state index is 0.264. The number of halogens is 2. The Kier molecular flexibility index (Phi) is 7.10. The van der Waals surface area contributed by atoms with Gasteiger partial charge in [0.25, 0.3) is 0 Å². The number of alkyl halides is 2. The standard InChI is InChI=1S/C11H13I2NO2/c12-6-8-14(9-7-13)11(15)16-10-4-2-1-3-5-10/h1-5H,6-9H2. The molecule has 5 heteroatoms. The van der Waals surface area contributed by atoms with E-state index in [1.807, 2.05) is 18.2 Å². The molecule has 0 fully saturated rings. The molecule has 0 atom stereocenters. The van der Waals surface area contributed by atoms with Crippen LogP contribution in [0.1, 0.15) is 0 Å². The van der Waals surface area contributed by atoms with Crippen LogP contribution in [0.15, 0.2) is 30.3 Å². The Morgan fingerprint density at radius 3 is 2.19 bits per heavy atom. The fourth-order valence-corrected chi connectivity index (χ4v) is 2.32. The minimum atomic E-state index is -0.264. The molecule has 0 aromatic heterocycles. The summed E-state index contributed by atoms with van der Waals surface area (Å²) < 4.78 is 7.09. The molecule has 0 N–H and O–H groups in total. The van der Waals surface area contributed by atoms with Gasteiger partial charge in [-0.25, -0.2) is 4.79 Å². The van der Waals surface area contributed by atoms with E-state index in [9.17, 15) is 4.79 Å². The summed E-state index contributed by atoms with van der Waals surface area (Å²) in [6.07, 6.45) is -0.264. The lowest BCUT2D eigenvalue weighted by atomic mass is 10.3. The van der Waals surface area contributed by atoms with Crippen LogP contribution in [0.25, 0.3) is 0 Å². The van der Waals surface area contributed by atoms with Crippen molar-refractivity contribution in [2.75, 3.05) is 21.9 Å². The molecule has 0 radical (unpaired) electrons. The highest BCUT2D eigenvalue weighted by Crippen LogP contribution is 2.10. The molecular formula is C11H13I2NO2. The molecule has 3 nitrogen and oxygen atoms in total. The maximum atomic E-state index is 11.8. The minimum Gasteiger partial charge on any atom is -0.410 e. The number of amides is 1. The second-order valence-electron chi connectivity index (χ2n) is 3.05. The topological polar surface area (TPSA) is 29.5 Å². The van der Waals surface area contributed by atoms with Crippen molar-refractivity contribution < 1.29 is 9.53 Å². The Hall–Kier alpha value is -0.0500. The molecule has 0 unspecified atom stereocenters. The van der Waals surface area contributed by atoms with Crippen LogP contribution in [0.2, 0.25) is 0 Å². The Morgan fingerprint density at radius 1 is 1.12 bits per heavy atom. The summed E-state index contributed by atoms with van der Waals surface area (Å²) in [5, 5.41) is 0. The Labute approximate surface area is 123 Å². The number of ether oxygens (including phenoxy) is 1. The number of hydrogen-bond donors (Lipinski definition) is 0. The molecular weight excluding hydrogens is 432 g/mol.